The van der Waals surface area contributed by atoms with Gasteiger partial charge >= 0.3 is 0 Å². The maximum absolute atomic E-state index is 13.0. The molecule has 1 heterocycles. The van der Waals surface area contributed by atoms with Crippen molar-refractivity contribution in [2.75, 3.05) is 13.2 Å². The number of rotatable bonds is 3. The Hall–Kier alpha value is -1.00. The van der Waals surface area contributed by atoms with Gasteiger partial charge < -0.3 is 10.5 Å². The first-order valence-corrected chi connectivity index (χ1v) is 5.93. The molecule has 17 heavy (non-hydrogen) atoms. The molecule has 2 N–H and O–H groups in total. The van der Waals surface area contributed by atoms with E-state index in [0.717, 1.165) is 25.5 Å². The number of hydrogen-bond acceptors (Lipinski definition) is 2. The van der Waals surface area contributed by atoms with Crippen molar-refractivity contribution >= 4 is 0 Å². The standard InChI is InChI=1S/C13H17F2NO/c14-11-4-9(5-12(15)7-11)6-13(16)10-2-1-3-17-8-10/h4-5,7,10,13H,1-3,6,8,16H2. The van der Waals surface area contributed by atoms with Crippen LogP contribution in [0.2, 0.25) is 0 Å². The maximum atomic E-state index is 13.0. The van der Waals surface area contributed by atoms with Crippen LogP contribution < -0.4 is 5.73 Å². The van der Waals surface area contributed by atoms with Gasteiger partial charge in [-0.1, -0.05) is 0 Å². The lowest BCUT2D eigenvalue weighted by Crippen LogP contribution is -2.37. The van der Waals surface area contributed by atoms with Crippen LogP contribution in [0.4, 0.5) is 8.78 Å². The first-order valence-electron chi connectivity index (χ1n) is 5.93. The van der Waals surface area contributed by atoms with Gasteiger partial charge in [-0.05, 0) is 42.9 Å². The van der Waals surface area contributed by atoms with Crippen LogP contribution in [-0.4, -0.2) is 19.3 Å². The fourth-order valence-electron chi connectivity index (χ4n) is 2.27. The van der Waals surface area contributed by atoms with E-state index < -0.39 is 11.6 Å². The molecule has 2 nitrogen and oxygen atoms in total. The minimum Gasteiger partial charge on any atom is -0.381 e. The molecule has 0 saturated carbocycles. The van der Waals surface area contributed by atoms with Crippen LogP contribution in [0.1, 0.15) is 18.4 Å². The Morgan fingerprint density at radius 2 is 2.00 bits per heavy atom. The van der Waals surface area contributed by atoms with Gasteiger partial charge in [-0.3, -0.25) is 0 Å². The lowest BCUT2D eigenvalue weighted by atomic mass is 9.90. The van der Waals surface area contributed by atoms with Crippen LogP contribution in [0.3, 0.4) is 0 Å². The Bertz CT molecular complexity index is 357. The fraction of sp³-hybridized carbons (Fsp3) is 0.538. The molecular formula is C13H17F2NO. The van der Waals surface area contributed by atoms with E-state index in [1.165, 1.54) is 12.1 Å². The van der Waals surface area contributed by atoms with E-state index in [1.807, 2.05) is 0 Å². The summed E-state index contributed by atoms with van der Waals surface area (Å²) in [7, 11) is 0. The van der Waals surface area contributed by atoms with Gasteiger partial charge in [0, 0.05) is 18.7 Å². The minimum absolute atomic E-state index is 0.100. The quantitative estimate of drug-likeness (QED) is 0.881. The van der Waals surface area contributed by atoms with Gasteiger partial charge in [0.15, 0.2) is 0 Å². The molecule has 1 aromatic rings. The lowest BCUT2D eigenvalue weighted by molar-refractivity contribution is 0.0450. The molecule has 0 amide bonds. The predicted octanol–water partition coefficient (Wildman–Crippen LogP) is 2.26. The summed E-state index contributed by atoms with van der Waals surface area (Å²) in [6, 6.07) is 3.45. The van der Waals surface area contributed by atoms with Crippen molar-refractivity contribution in [1.29, 1.82) is 0 Å². The third-order valence-electron chi connectivity index (χ3n) is 3.19. The normalized spacial score (nSPS) is 22.4. The molecule has 0 aliphatic carbocycles. The second-order valence-electron chi connectivity index (χ2n) is 4.62. The van der Waals surface area contributed by atoms with Crippen molar-refractivity contribution in [3.05, 3.63) is 35.4 Å². The van der Waals surface area contributed by atoms with Crippen molar-refractivity contribution in [3.63, 3.8) is 0 Å². The number of hydrogen-bond donors (Lipinski definition) is 1. The number of benzene rings is 1. The second-order valence-corrected chi connectivity index (χ2v) is 4.62. The summed E-state index contributed by atoms with van der Waals surface area (Å²) >= 11 is 0. The molecule has 0 radical (unpaired) electrons. The summed E-state index contributed by atoms with van der Waals surface area (Å²) in [6.07, 6.45) is 2.53. The molecule has 1 aromatic carbocycles. The Kier molecular flexibility index (Phi) is 4.07. The number of ether oxygens (including phenoxy) is 1. The molecule has 0 bridgehead atoms. The zero-order valence-corrected chi connectivity index (χ0v) is 9.66. The molecule has 0 spiro atoms. The average molecular weight is 241 g/mol. The van der Waals surface area contributed by atoms with E-state index in [1.54, 1.807) is 0 Å². The Balaban J connectivity index is 1.99. The Morgan fingerprint density at radius 1 is 1.29 bits per heavy atom. The zero-order chi connectivity index (χ0) is 12.3. The third kappa shape index (κ3) is 3.48. The molecule has 1 aliphatic heterocycles. The topological polar surface area (TPSA) is 35.2 Å². The molecule has 94 valence electrons. The van der Waals surface area contributed by atoms with Gasteiger partial charge in [0.05, 0.1) is 6.61 Å². The van der Waals surface area contributed by atoms with E-state index in [9.17, 15) is 8.78 Å². The highest BCUT2D eigenvalue weighted by molar-refractivity contribution is 5.19. The van der Waals surface area contributed by atoms with E-state index >= 15 is 0 Å². The number of nitrogens with two attached hydrogens (primary N) is 1. The first-order chi connectivity index (χ1) is 8.15. The second kappa shape index (κ2) is 5.56. The summed E-state index contributed by atoms with van der Waals surface area (Å²) in [6.45, 7) is 1.44. The van der Waals surface area contributed by atoms with Crippen molar-refractivity contribution in [2.45, 2.75) is 25.3 Å². The molecule has 2 rings (SSSR count). The van der Waals surface area contributed by atoms with Crippen LogP contribution in [0.25, 0.3) is 0 Å². The zero-order valence-electron chi connectivity index (χ0n) is 9.66. The van der Waals surface area contributed by atoms with Crippen molar-refractivity contribution in [2.24, 2.45) is 11.7 Å². The fourth-order valence-corrected chi connectivity index (χ4v) is 2.27. The van der Waals surface area contributed by atoms with Gasteiger partial charge in [0.2, 0.25) is 0 Å². The highest BCUT2D eigenvalue weighted by Gasteiger charge is 2.21. The molecule has 1 saturated heterocycles. The monoisotopic (exact) mass is 241 g/mol. The van der Waals surface area contributed by atoms with Gasteiger partial charge in [-0.25, -0.2) is 8.78 Å². The van der Waals surface area contributed by atoms with Crippen molar-refractivity contribution < 1.29 is 13.5 Å². The molecule has 2 atom stereocenters. The highest BCUT2D eigenvalue weighted by Crippen LogP contribution is 2.19. The van der Waals surface area contributed by atoms with Gasteiger partial charge in [0.25, 0.3) is 0 Å². The average Bonchev–Trinajstić information content (AvgIpc) is 2.28. The largest absolute Gasteiger partial charge is 0.381 e. The Labute approximate surface area is 99.8 Å². The van der Waals surface area contributed by atoms with Gasteiger partial charge in [-0.15, -0.1) is 0 Å². The Morgan fingerprint density at radius 3 is 2.59 bits per heavy atom. The molecule has 1 aliphatic rings. The van der Waals surface area contributed by atoms with Gasteiger partial charge in [-0.2, -0.15) is 0 Å². The van der Waals surface area contributed by atoms with E-state index in [4.69, 9.17) is 10.5 Å². The summed E-state index contributed by atoms with van der Waals surface area (Å²) in [5.41, 5.74) is 6.67. The molecule has 0 aromatic heterocycles. The summed E-state index contributed by atoms with van der Waals surface area (Å²) in [5, 5.41) is 0. The molecule has 4 heteroatoms. The summed E-state index contributed by atoms with van der Waals surface area (Å²) in [5.74, 6) is -0.811. The predicted molar refractivity (Wildman–Crippen MR) is 61.6 cm³/mol. The summed E-state index contributed by atoms with van der Waals surface area (Å²) in [4.78, 5) is 0. The van der Waals surface area contributed by atoms with Crippen molar-refractivity contribution in [1.82, 2.24) is 0 Å². The van der Waals surface area contributed by atoms with Crippen LogP contribution in [0, 0.1) is 17.6 Å². The van der Waals surface area contributed by atoms with Crippen LogP contribution in [-0.2, 0) is 11.2 Å². The SMILES string of the molecule is NC(Cc1cc(F)cc(F)c1)C1CCCOC1. The van der Waals surface area contributed by atoms with Crippen LogP contribution in [0.15, 0.2) is 18.2 Å². The van der Waals surface area contributed by atoms with E-state index in [-0.39, 0.29) is 12.0 Å². The molecular weight excluding hydrogens is 224 g/mol. The van der Waals surface area contributed by atoms with Crippen LogP contribution >= 0.6 is 0 Å². The highest BCUT2D eigenvalue weighted by atomic mass is 19.1. The molecule has 1 fully saturated rings. The smallest absolute Gasteiger partial charge is 0.126 e. The van der Waals surface area contributed by atoms with Crippen molar-refractivity contribution in [3.8, 4) is 0 Å². The maximum Gasteiger partial charge on any atom is 0.126 e. The van der Waals surface area contributed by atoms with Crippen LogP contribution in [0.5, 0.6) is 0 Å². The third-order valence-corrected chi connectivity index (χ3v) is 3.19. The van der Waals surface area contributed by atoms with Gasteiger partial charge in [0.1, 0.15) is 11.6 Å². The summed E-state index contributed by atoms with van der Waals surface area (Å²) < 4.78 is 31.4. The number of halogens is 2. The lowest BCUT2D eigenvalue weighted by Gasteiger charge is -2.27. The first kappa shape index (κ1) is 12.5. The molecule has 2 unspecified atom stereocenters. The van der Waals surface area contributed by atoms with E-state index in [0.29, 0.717) is 18.6 Å². The van der Waals surface area contributed by atoms with E-state index in [2.05, 4.69) is 0 Å². The minimum atomic E-state index is -0.549.